The van der Waals surface area contributed by atoms with Crippen molar-refractivity contribution in [1.82, 2.24) is 15.1 Å². The monoisotopic (exact) mass is 271 g/mol. The molecule has 1 aromatic heterocycles. The Morgan fingerprint density at radius 3 is 2.85 bits per heavy atom. The topological polar surface area (TPSA) is 68.2 Å². The van der Waals surface area contributed by atoms with Crippen LogP contribution in [0.1, 0.15) is 24.6 Å². The predicted molar refractivity (Wildman–Crippen MR) is 81.9 cm³/mol. The van der Waals surface area contributed by atoms with Gasteiger partial charge in [-0.15, -0.1) is 0 Å². The average Bonchev–Trinajstić information content (AvgIpc) is 2.89. The minimum atomic E-state index is 0.485. The molecular formula is C15H21N5. The second-order valence-corrected chi connectivity index (χ2v) is 4.66. The third-order valence-electron chi connectivity index (χ3n) is 2.94. The smallest absolute Gasteiger partial charge is 0.188 e. The molecule has 5 nitrogen and oxygen atoms in total. The zero-order valence-corrected chi connectivity index (χ0v) is 12.0. The summed E-state index contributed by atoms with van der Waals surface area (Å²) in [6.07, 6.45) is 2.98. The van der Waals surface area contributed by atoms with E-state index in [0.717, 1.165) is 29.9 Å². The van der Waals surface area contributed by atoms with Crippen LogP contribution in [0.3, 0.4) is 0 Å². The van der Waals surface area contributed by atoms with Crippen LogP contribution in [-0.4, -0.2) is 22.3 Å². The van der Waals surface area contributed by atoms with Crippen LogP contribution < -0.4 is 11.1 Å². The summed E-state index contributed by atoms with van der Waals surface area (Å²) in [5, 5.41) is 7.51. The Morgan fingerprint density at radius 1 is 1.35 bits per heavy atom. The molecule has 0 saturated heterocycles. The van der Waals surface area contributed by atoms with Gasteiger partial charge in [0, 0.05) is 12.7 Å². The molecule has 1 heterocycles. The Morgan fingerprint density at radius 2 is 2.15 bits per heavy atom. The van der Waals surface area contributed by atoms with Gasteiger partial charge in [-0.1, -0.05) is 25.1 Å². The highest BCUT2D eigenvalue weighted by molar-refractivity contribution is 5.77. The van der Waals surface area contributed by atoms with Crippen molar-refractivity contribution in [1.29, 1.82) is 0 Å². The Bertz CT molecular complexity index is 585. The summed E-state index contributed by atoms with van der Waals surface area (Å²) >= 11 is 0. The van der Waals surface area contributed by atoms with Crippen molar-refractivity contribution < 1.29 is 0 Å². The number of hydrogen-bond donors (Lipinski definition) is 2. The molecule has 0 aliphatic rings. The van der Waals surface area contributed by atoms with Crippen LogP contribution in [0.4, 0.5) is 0 Å². The standard InChI is InChI=1S/C15H21N5/c1-3-9-17-15(16)18-11-13-6-4-5-7-14(13)20-10-8-12(2)19-20/h4-8,10H,3,9,11H2,1-2H3,(H3,16,17,18). The van der Waals surface area contributed by atoms with Gasteiger partial charge in [0.1, 0.15) is 0 Å². The van der Waals surface area contributed by atoms with Crippen molar-refractivity contribution in [2.24, 2.45) is 10.7 Å². The lowest BCUT2D eigenvalue weighted by molar-refractivity contribution is 0.819. The highest BCUT2D eigenvalue weighted by atomic mass is 15.3. The van der Waals surface area contributed by atoms with E-state index in [0.29, 0.717) is 12.5 Å². The van der Waals surface area contributed by atoms with Crippen molar-refractivity contribution in [3.63, 3.8) is 0 Å². The number of guanidine groups is 1. The Hall–Kier alpha value is -2.30. The van der Waals surface area contributed by atoms with Crippen LogP contribution in [0.2, 0.25) is 0 Å². The molecule has 0 saturated carbocycles. The van der Waals surface area contributed by atoms with Crippen molar-refractivity contribution in [2.45, 2.75) is 26.8 Å². The molecule has 0 radical (unpaired) electrons. The van der Waals surface area contributed by atoms with Gasteiger partial charge in [0.2, 0.25) is 0 Å². The molecule has 0 spiro atoms. The summed E-state index contributed by atoms with van der Waals surface area (Å²) in [6, 6.07) is 10.1. The van der Waals surface area contributed by atoms with Gasteiger partial charge in [-0.2, -0.15) is 5.10 Å². The maximum Gasteiger partial charge on any atom is 0.188 e. The fraction of sp³-hybridized carbons (Fsp3) is 0.333. The third kappa shape index (κ3) is 3.60. The van der Waals surface area contributed by atoms with E-state index < -0.39 is 0 Å². The average molecular weight is 271 g/mol. The van der Waals surface area contributed by atoms with Crippen LogP contribution in [0.25, 0.3) is 5.69 Å². The molecule has 0 fully saturated rings. The number of nitrogens with two attached hydrogens (primary N) is 1. The first-order chi connectivity index (χ1) is 9.70. The van der Waals surface area contributed by atoms with Crippen LogP contribution >= 0.6 is 0 Å². The first kappa shape index (κ1) is 14.1. The molecule has 2 rings (SSSR count). The Kier molecular flexibility index (Phi) is 4.76. The highest BCUT2D eigenvalue weighted by Gasteiger charge is 2.04. The number of aryl methyl sites for hydroxylation is 1. The molecule has 5 heteroatoms. The molecule has 0 aliphatic carbocycles. The number of aromatic nitrogens is 2. The zero-order valence-electron chi connectivity index (χ0n) is 12.0. The van der Waals surface area contributed by atoms with E-state index >= 15 is 0 Å². The van der Waals surface area contributed by atoms with Gasteiger partial charge in [0.05, 0.1) is 17.9 Å². The van der Waals surface area contributed by atoms with Gasteiger partial charge in [0.25, 0.3) is 0 Å². The van der Waals surface area contributed by atoms with Gasteiger partial charge in [-0.25, -0.2) is 9.67 Å². The molecule has 0 unspecified atom stereocenters. The summed E-state index contributed by atoms with van der Waals surface area (Å²) in [6.45, 7) is 5.45. The molecule has 3 N–H and O–H groups in total. The first-order valence-electron chi connectivity index (χ1n) is 6.85. The lowest BCUT2D eigenvalue weighted by Crippen LogP contribution is -2.32. The Balaban J connectivity index is 2.16. The molecule has 1 aromatic carbocycles. The van der Waals surface area contributed by atoms with Crippen molar-refractivity contribution in [3.8, 4) is 5.69 Å². The van der Waals surface area contributed by atoms with Gasteiger partial charge < -0.3 is 11.1 Å². The largest absolute Gasteiger partial charge is 0.370 e. The number of rotatable bonds is 5. The molecule has 2 aromatic rings. The van der Waals surface area contributed by atoms with Crippen molar-refractivity contribution in [3.05, 3.63) is 47.8 Å². The van der Waals surface area contributed by atoms with E-state index in [1.54, 1.807) is 0 Å². The third-order valence-corrected chi connectivity index (χ3v) is 2.94. The number of hydrogen-bond acceptors (Lipinski definition) is 2. The van der Waals surface area contributed by atoms with Gasteiger partial charge in [-0.05, 0) is 31.0 Å². The molecule has 0 amide bonds. The summed E-state index contributed by atoms with van der Waals surface area (Å²) in [5.74, 6) is 0.485. The minimum absolute atomic E-state index is 0.485. The van der Waals surface area contributed by atoms with Crippen molar-refractivity contribution >= 4 is 5.96 Å². The van der Waals surface area contributed by atoms with Crippen LogP contribution in [0.15, 0.2) is 41.5 Å². The molecule has 20 heavy (non-hydrogen) atoms. The lowest BCUT2D eigenvalue weighted by Gasteiger charge is -2.08. The summed E-state index contributed by atoms with van der Waals surface area (Å²) < 4.78 is 1.87. The van der Waals surface area contributed by atoms with Crippen molar-refractivity contribution in [2.75, 3.05) is 6.54 Å². The van der Waals surface area contributed by atoms with E-state index in [1.807, 2.05) is 48.1 Å². The number of nitrogens with one attached hydrogen (secondary N) is 1. The molecule has 106 valence electrons. The molecular weight excluding hydrogens is 250 g/mol. The Labute approximate surface area is 119 Å². The van der Waals surface area contributed by atoms with Gasteiger partial charge in [-0.3, -0.25) is 0 Å². The predicted octanol–water partition coefficient (Wildman–Crippen LogP) is 2.00. The minimum Gasteiger partial charge on any atom is -0.370 e. The van der Waals surface area contributed by atoms with E-state index in [2.05, 4.69) is 22.3 Å². The van der Waals surface area contributed by atoms with Crippen LogP contribution in [-0.2, 0) is 6.54 Å². The van der Waals surface area contributed by atoms with E-state index in [4.69, 9.17) is 5.73 Å². The highest BCUT2D eigenvalue weighted by Crippen LogP contribution is 2.15. The maximum absolute atomic E-state index is 5.82. The van der Waals surface area contributed by atoms with Crippen LogP contribution in [0.5, 0.6) is 0 Å². The molecule has 0 aliphatic heterocycles. The molecule has 0 bridgehead atoms. The second kappa shape index (κ2) is 6.75. The number of para-hydroxylation sites is 1. The number of benzene rings is 1. The van der Waals surface area contributed by atoms with Gasteiger partial charge in [0.15, 0.2) is 5.96 Å². The quantitative estimate of drug-likeness (QED) is 0.645. The van der Waals surface area contributed by atoms with E-state index in [9.17, 15) is 0 Å². The second-order valence-electron chi connectivity index (χ2n) is 4.66. The first-order valence-corrected chi connectivity index (χ1v) is 6.85. The number of aliphatic imine (C=N–C) groups is 1. The normalized spacial score (nSPS) is 11.6. The summed E-state index contributed by atoms with van der Waals surface area (Å²) in [7, 11) is 0. The SMILES string of the molecule is CCCNC(N)=NCc1ccccc1-n1ccc(C)n1. The lowest BCUT2D eigenvalue weighted by atomic mass is 10.2. The summed E-state index contributed by atoms with van der Waals surface area (Å²) in [5.41, 5.74) is 8.94. The fourth-order valence-corrected chi connectivity index (χ4v) is 1.90. The fourth-order valence-electron chi connectivity index (χ4n) is 1.90. The van der Waals surface area contributed by atoms with E-state index in [1.165, 1.54) is 0 Å². The molecule has 0 atom stereocenters. The maximum atomic E-state index is 5.82. The zero-order chi connectivity index (χ0) is 14.4. The van der Waals surface area contributed by atoms with E-state index in [-0.39, 0.29) is 0 Å². The number of nitrogens with zero attached hydrogens (tertiary/aromatic N) is 3. The van der Waals surface area contributed by atoms with Gasteiger partial charge >= 0.3 is 0 Å². The summed E-state index contributed by atoms with van der Waals surface area (Å²) in [4.78, 5) is 4.37. The van der Waals surface area contributed by atoms with Crippen LogP contribution in [0, 0.1) is 6.92 Å².